The molecule has 3 nitrogen and oxygen atoms in total. The van der Waals surface area contributed by atoms with Crippen molar-refractivity contribution >= 4 is 0 Å². The van der Waals surface area contributed by atoms with Gasteiger partial charge in [-0.15, -0.1) is 0 Å². The van der Waals surface area contributed by atoms with Gasteiger partial charge in [-0.1, -0.05) is 6.07 Å². The van der Waals surface area contributed by atoms with Crippen molar-refractivity contribution in [2.75, 3.05) is 6.54 Å². The summed E-state index contributed by atoms with van der Waals surface area (Å²) in [5.41, 5.74) is 1.38. The molecule has 5 heteroatoms. The maximum atomic E-state index is 13.0. The van der Waals surface area contributed by atoms with Crippen molar-refractivity contribution in [1.29, 1.82) is 0 Å². The zero-order valence-corrected chi connectivity index (χ0v) is 10.2. The smallest absolute Gasteiger partial charge is 0.159 e. The van der Waals surface area contributed by atoms with E-state index in [2.05, 4.69) is 10.3 Å². The number of rotatable bonds is 5. The topological polar surface area (TPSA) is 45.1 Å². The van der Waals surface area contributed by atoms with Crippen LogP contribution in [0.2, 0.25) is 0 Å². The maximum absolute atomic E-state index is 13.0. The Morgan fingerprint density at radius 3 is 2.53 bits per heavy atom. The molecule has 0 aliphatic carbocycles. The Labute approximate surface area is 109 Å². The van der Waals surface area contributed by atoms with Gasteiger partial charge in [-0.05, 0) is 35.4 Å². The first-order valence-electron chi connectivity index (χ1n) is 5.89. The molecule has 1 aromatic carbocycles. The fourth-order valence-electron chi connectivity index (χ4n) is 1.71. The summed E-state index contributed by atoms with van der Waals surface area (Å²) in [5, 5.41) is 12.9. The molecule has 100 valence electrons. The van der Waals surface area contributed by atoms with Crippen LogP contribution in [-0.4, -0.2) is 16.6 Å². The van der Waals surface area contributed by atoms with Gasteiger partial charge in [0.05, 0.1) is 6.10 Å². The summed E-state index contributed by atoms with van der Waals surface area (Å²) in [4.78, 5) is 3.86. The van der Waals surface area contributed by atoms with Crippen LogP contribution < -0.4 is 5.32 Å². The van der Waals surface area contributed by atoms with Gasteiger partial charge in [-0.25, -0.2) is 8.78 Å². The maximum Gasteiger partial charge on any atom is 0.159 e. The zero-order chi connectivity index (χ0) is 13.7. The number of aromatic nitrogens is 1. The van der Waals surface area contributed by atoms with Crippen molar-refractivity contribution in [3.8, 4) is 0 Å². The van der Waals surface area contributed by atoms with Crippen molar-refractivity contribution in [1.82, 2.24) is 10.3 Å². The molecule has 0 saturated heterocycles. The third-order valence-electron chi connectivity index (χ3n) is 2.74. The minimum atomic E-state index is -0.867. The van der Waals surface area contributed by atoms with Crippen LogP contribution in [-0.2, 0) is 6.54 Å². The quantitative estimate of drug-likeness (QED) is 0.870. The number of hydrogen-bond donors (Lipinski definition) is 2. The Kier molecular flexibility index (Phi) is 4.54. The summed E-state index contributed by atoms with van der Waals surface area (Å²) in [6, 6.07) is 7.19. The molecule has 2 aromatic rings. The molecule has 0 fully saturated rings. The van der Waals surface area contributed by atoms with Gasteiger partial charge in [0.15, 0.2) is 11.6 Å². The monoisotopic (exact) mass is 264 g/mol. The van der Waals surface area contributed by atoms with Gasteiger partial charge in [0.1, 0.15) is 0 Å². The molecular formula is C14H14F2N2O. The molecule has 19 heavy (non-hydrogen) atoms. The molecule has 0 radical (unpaired) electrons. The van der Waals surface area contributed by atoms with E-state index < -0.39 is 17.7 Å². The largest absolute Gasteiger partial charge is 0.387 e. The van der Waals surface area contributed by atoms with Crippen LogP contribution in [0.1, 0.15) is 17.2 Å². The SMILES string of the molecule is OC(CNCc1ccc(F)c(F)c1)c1ccncc1. The second-order valence-electron chi connectivity index (χ2n) is 4.18. The lowest BCUT2D eigenvalue weighted by Crippen LogP contribution is -2.21. The van der Waals surface area contributed by atoms with E-state index in [0.29, 0.717) is 18.7 Å². The molecule has 0 saturated carbocycles. The van der Waals surface area contributed by atoms with Gasteiger partial charge < -0.3 is 10.4 Å². The summed E-state index contributed by atoms with van der Waals surface area (Å²) < 4.78 is 25.7. The van der Waals surface area contributed by atoms with Crippen LogP contribution in [0.25, 0.3) is 0 Å². The van der Waals surface area contributed by atoms with E-state index in [1.54, 1.807) is 24.5 Å². The van der Waals surface area contributed by atoms with Crippen LogP contribution in [0.5, 0.6) is 0 Å². The van der Waals surface area contributed by atoms with Crippen molar-refractivity contribution < 1.29 is 13.9 Å². The molecule has 0 amide bonds. The molecule has 1 atom stereocenters. The van der Waals surface area contributed by atoms with E-state index >= 15 is 0 Å². The number of hydrogen-bond acceptors (Lipinski definition) is 3. The number of halogens is 2. The molecular weight excluding hydrogens is 250 g/mol. The third kappa shape index (κ3) is 3.81. The summed E-state index contributed by atoms with van der Waals surface area (Å²) in [5.74, 6) is -1.73. The average Bonchev–Trinajstić information content (AvgIpc) is 2.43. The van der Waals surface area contributed by atoms with Crippen LogP contribution in [0.3, 0.4) is 0 Å². The van der Waals surface area contributed by atoms with Crippen molar-refractivity contribution in [3.63, 3.8) is 0 Å². The Morgan fingerprint density at radius 1 is 1.11 bits per heavy atom. The van der Waals surface area contributed by atoms with E-state index in [1.165, 1.54) is 6.07 Å². The molecule has 1 heterocycles. The van der Waals surface area contributed by atoms with Gasteiger partial charge in [0.2, 0.25) is 0 Å². The number of benzene rings is 1. The lowest BCUT2D eigenvalue weighted by atomic mass is 10.1. The lowest BCUT2D eigenvalue weighted by Gasteiger charge is -2.12. The highest BCUT2D eigenvalue weighted by molar-refractivity contribution is 5.18. The van der Waals surface area contributed by atoms with E-state index in [1.807, 2.05) is 0 Å². The van der Waals surface area contributed by atoms with Crippen LogP contribution in [0.4, 0.5) is 8.78 Å². The summed E-state index contributed by atoms with van der Waals surface area (Å²) in [6.45, 7) is 0.683. The van der Waals surface area contributed by atoms with Crippen molar-refractivity contribution in [2.24, 2.45) is 0 Å². The molecule has 0 bridgehead atoms. The first-order valence-corrected chi connectivity index (χ1v) is 5.89. The first-order chi connectivity index (χ1) is 9.16. The van der Waals surface area contributed by atoms with E-state index in [0.717, 1.165) is 17.7 Å². The minimum Gasteiger partial charge on any atom is -0.387 e. The van der Waals surface area contributed by atoms with Gasteiger partial charge in [-0.3, -0.25) is 4.98 Å². The molecule has 1 aromatic heterocycles. The van der Waals surface area contributed by atoms with Crippen molar-refractivity contribution in [3.05, 3.63) is 65.5 Å². The highest BCUT2D eigenvalue weighted by Crippen LogP contribution is 2.11. The molecule has 0 aliphatic heterocycles. The van der Waals surface area contributed by atoms with Gasteiger partial charge in [0.25, 0.3) is 0 Å². The van der Waals surface area contributed by atoms with Gasteiger partial charge in [0, 0.05) is 25.5 Å². The van der Waals surface area contributed by atoms with Crippen LogP contribution >= 0.6 is 0 Å². The van der Waals surface area contributed by atoms with Crippen LogP contribution in [0, 0.1) is 11.6 Å². The van der Waals surface area contributed by atoms with Gasteiger partial charge in [-0.2, -0.15) is 0 Å². The Balaban J connectivity index is 1.85. The molecule has 0 aliphatic rings. The summed E-state index contributed by atoms with van der Waals surface area (Å²) in [7, 11) is 0. The predicted molar refractivity (Wildman–Crippen MR) is 67.3 cm³/mol. The van der Waals surface area contributed by atoms with E-state index in [9.17, 15) is 13.9 Å². The Hall–Kier alpha value is -1.85. The fraction of sp³-hybridized carbons (Fsp3) is 0.214. The highest BCUT2D eigenvalue weighted by atomic mass is 19.2. The molecule has 1 unspecified atom stereocenters. The number of pyridine rings is 1. The minimum absolute atomic E-state index is 0.322. The van der Waals surface area contributed by atoms with Gasteiger partial charge >= 0.3 is 0 Å². The summed E-state index contributed by atoms with van der Waals surface area (Å²) in [6.07, 6.45) is 2.55. The Morgan fingerprint density at radius 2 is 1.84 bits per heavy atom. The van der Waals surface area contributed by atoms with Crippen LogP contribution in [0.15, 0.2) is 42.7 Å². The van der Waals surface area contributed by atoms with E-state index in [-0.39, 0.29) is 0 Å². The molecule has 2 N–H and O–H groups in total. The third-order valence-corrected chi connectivity index (χ3v) is 2.74. The zero-order valence-electron chi connectivity index (χ0n) is 10.2. The second kappa shape index (κ2) is 6.36. The normalized spacial score (nSPS) is 12.4. The second-order valence-corrected chi connectivity index (χ2v) is 4.18. The lowest BCUT2D eigenvalue weighted by molar-refractivity contribution is 0.174. The Bertz CT molecular complexity index is 534. The fourth-order valence-corrected chi connectivity index (χ4v) is 1.71. The van der Waals surface area contributed by atoms with E-state index in [4.69, 9.17) is 0 Å². The number of nitrogens with one attached hydrogen (secondary N) is 1. The standard InChI is InChI=1S/C14H14F2N2O/c15-12-2-1-10(7-13(12)16)8-18-9-14(19)11-3-5-17-6-4-11/h1-7,14,18-19H,8-9H2. The molecule has 2 rings (SSSR count). The number of aliphatic hydroxyl groups is 1. The highest BCUT2D eigenvalue weighted by Gasteiger charge is 2.07. The van der Waals surface area contributed by atoms with Crippen molar-refractivity contribution in [2.45, 2.75) is 12.6 Å². The average molecular weight is 264 g/mol. The molecule has 0 spiro atoms. The number of aliphatic hydroxyl groups excluding tert-OH is 1. The first kappa shape index (κ1) is 13.6. The predicted octanol–water partition coefficient (Wildman–Crippen LogP) is 2.18. The number of nitrogens with zero attached hydrogens (tertiary/aromatic N) is 1. The summed E-state index contributed by atoms with van der Waals surface area (Å²) >= 11 is 0.